The van der Waals surface area contributed by atoms with Crippen LogP contribution in [0.1, 0.15) is 44.2 Å². The third-order valence-corrected chi connectivity index (χ3v) is 4.19. The highest BCUT2D eigenvalue weighted by Gasteiger charge is 2.33. The van der Waals surface area contributed by atoms with E-state index in [-0.39, 0.29) is 5.60 Å². The number of hydrogen-bond acceptors (Lipinski definition) is 3. The Labute approximate surface area is 115 Å². The summed E-state index contributed by atoms with van der Waals surface area (Å²) >= 11 is 0. The number of benzene rings is 1. The summed E-state index contributed by atoms with van der Waals surface area (Å²) in [5.74, 6) is 1.02. The van der Waals surface area contributed by atoms with Gasteiger partial charge >= 0.3 is 0 Å². The van der Waals surface area contributed by atoms with E-state index >= 15 is 0 Å². The van der Waals surface area contributed by atoms with E-state index in [9.17, 15) is 5.11 Å². The minimum absolute atomic E-state index is 0.0739. The summed E-state index contributed by atoms with van der Waals surface area (Å²) in [4.78, 5) is 0. The molecule has 3 heteroatoms. The molecule has 1 heterocycles. The molecule has 0 amide bonds. The quantitative estimate of drug-likeness (QED) is 0.874. The van der Waals surface area contributed by atoms with Gasteiger partial charge in [-0.15, -0.1) is 0 Å². The molecule has 0 radical (unpaired) electrons. The molecule has 1 aromatic carbocycles. The molecule has 1 aliphatic heterocycles. The molecule has 104 valence electrons. The molecule has 1 fully saturated rings. The standard InChI is InChI=1S/C16H23NO2/c1-15(2)9-13-8-12(4-5-14(13)19-15)10-17-11-16(18)6-3-7-16/h4-5,8,17-18H,3,6-7,9-11H2,1-2H3. The molecule has 0 aromatic heterocycles. The van der Waals surface area contributed by atoms with Crippen molar-refractivity contribution in [2.75, 3.05) is 6.54 Å². The molecule has 19 heavy (non-hydrogen) atoms. The lowest BCUT2D eigenvalue weighted by molar-refractivity contribution is -0.0314. The normalized spacial score (nSPS) is 22.5. The molecule has 1 aromatic rings. The Morgan fingerprint density at radius 3 is 2.79 bits per heavy atom. The van der Waals surface area contributed by atoms with Crippen molar-refractivity contribution in [1.82, 2.24) is 5.32 Å². The Kier molecular flexibility index (Phi) is 3.06. The summed E-state index contributed by atoms with van der Waals surface area (Å²) < 4.78 is 5.87. The maximum Gasteiger partial charge on any atom is 0.123 e. The van der Waals surface area contributed by atoms with Crippen LogP contribution in [-0.4, -0.2) is 22.9 Å². The fraction of sp³-hybridized carbons (Fsp3) is 0.625. The summed E-state index contributed by atoms with van der Waals surface area (Å²) in [7, 11) is 0. The average Bonchev–Trinajstić information content (AvgIpc) is 2.60. The summed E-state index contributed by atoms with van der Waals surface area (Å²) in [6.45, 7) is 5.76. The van der Waals surface area contributed by atoms with Gasteiger partial charge in [-0.25, -0.2) is 0 Å². The van der Waals surface area contributed by atoms with E-state index in [1.807, 2.05) is 0 Å². The van der Waals surface area contributed by atoms with Gasteiger partial charge in [0.15, 0.2) is 0 Å². The summed E-state index contributed by atoms with van der Waals surface area (Å²) in [6.07, 6.45) is 4.00. The van der Waals surface area contributed by atoms with E-state index in [0.29, 0.717) is 6.54 Å². The van der Waals surface area contributed by atoms with E-state index in [0.717, 1.165) is 38.0 Å². The molecule has 2 N–H and O–H groups in total. The van der Waals surface area contributed by atoms with Crippen LogP contribution in [0.4, 0.5) is 0 Å². The van der Waals surface area contributed by atoms with Crippen molar-refractivity contribution in [2.24, 2.45) is 0 Å². The third-order valence-electron chi connectivity index (χ3n) is 4.19. The van der Waals surface area contributed by atoms with Gasteiger partial charge in [-0.1, -0.05) is 12.1 Å². The van der Waals surface area contributed by atoms with Gasteiger partial charge in [-0.3, -0.25) is 0 Å². The predicted octanol–water partition coefficient (Wildman–Crippen LogP) is 2.40. The van der Waals surface area contributed by atoms with Crippen LogP contribution < -0.4 is 10.1 Å². The lowest BCUT2D eigenvalue weighted by atomic mass is 9.80. The zero-order valence-corrected chi connectivity index (χ0v) is 11.8. The van der Waals surface area contributed by atoms with Crippen LogP contribution in [0.3, 0.4) is 0 Å². The molecule has 3 rings (SSSR count). The first-order chi connectivity index (χ1) is 8.96. The van der Waals surface area contributed by atoms with Gasteiger partial charge in [0.05, 0.1) is 5.60 Å². The highest BCUT2D eigenvalue weighted by atomic mass is 16.5. The molecule has 1 aliphatic carbocycles. The molecule has 0 saturated heterocycles. The second-order valence-corrected chi connectivity index (χ2v) is 6.66. The Hall–Kier alpha value is -1.06. The lowest BCUT2D eigenvalue weighted by Crippen LogP contribution is -2.45. The molecule has 0 bridgehead atoms. The SMILES string of the molecule is CC1(C)Cc2cc(CNCC3(O)CCC3)ccc2O1. The Balaban J connectivity index is 1.58. The minimum atomic E-state index is -0.443. The van der Waals surface area contributed by atoms with E-state index in [1.54, 1.807) is 0 Å². The molecule has 0 spiro atoms. The second-order valence-electron chi connectivity index (χ2n) is 6.66. The highest BCUT2D eigenvalue weighted by Crippen LogP contribution is 2.35. The van der Waals surface area contributed by atoms with E-state index in [2.05, 4.69) is 37.4 Å². The zero-order chi connectivity index (χ0) is 13.5. The van der Waals surface area contributed by atoms with Crippen LogP contribution in [0.5, 0.6) is 5.75 Å². The number of aliphatic hydroxyl groups is 1. The van der Waals surface area contributed by atoms with Crippen molar-refractivity contribution in [3.05, 3.63) is 29.3 Å². The summed E-state index contributed by atoms with van der Waals surface area (Å²) in [5.41, 5.74) is 2.05. The number of ether oxygens (including phenoxy) is 1. The van der Waals surface area contributed by atoms with Crippen LogP contribution in [0.2, 0.25) is 0 Å². The number of rotatable bonds is 4. The van der Waals surface area contributed by atoms with Crippen molar-refractivity contribution >= 4 is 0 Å². The van der Waals surface area contributed by atoms with Gasteiger partial charge in [0, 0.05) is 19.5 Å². The number of nitrogens with one attached hydrogen (secondary N) is 1. The van der Waals surface area contributed by atoms with E-state index < -0.39 is 5.60 Å². The Bertz CT molecular complexity index is 478. The van der Waals surface area contributed by atoms with Gasteiger partial charge in [0.1, 0.15) is 11.4 Å². The third kappa shape index (κ3) is 2.77. The van der Waals surface area contributed by atoms with Gasteiger partial charge < -0.3 is 15.2 Å². The van der Waals surface area contributed by atoms with Gasteiger partial charge in [0.2, 0.25) is 0 Å². The second kappa shape index (κ2) is 4.50. The number of fused-ring (bicyclic) bond motifs is 1. The van der Waals surface area contributed by atoms with Gasteiger partial charge in [-0.2, -0.15) is 0 Å². The summed E-state index contributed by atoms with van der Waals surface area (Å²) in [6, 6.07) is 6.40. The topological polar surface area (TPSA) is 41.5 Å². The Morgan fingerprint density at radius 2 is 2.11 bits per heavy atom. The average molecular weight is 261 g/mol. The first-order valence-electron chi connectivity index (χ1n) is 7.20. The van der Waals surface area contributed by atoms with E-state index in [1.165, 1.54) is 11.1 Å². The van der Waals surface area contributed by atoms with Crippen LogP contribution in [0.25, 0.3) is 0 Å². The zero-order valence-electron chi connectivity index (χ0n) is 11.8. The highest BCUT2D eigenvalue weighted by molar-refractivity contribution is 5.41. The first-order valence-corrected chi connectivity index (χ1v) is 7.20. The van der Waals surface area contributed by atoms with Crippen molar-refractivity contribution in [2.45, 2.75) is 57.3 Å². The van der Waals surface area contributed by atoms with E-state index in [4.69, 9.17) is 4.74 Å². The Morgan fingerprint density at radius 1 is 1.32 bits per heavy atom. The van der Waals surface area contributed by atoms with Crippen LogP contribution in [0, 0.1) is 0 Å². The fourth-order valence-electron chi connectivity index (χ4n) is 2.97. The number of hydrogen-bond donors (Lipinski definition) is 2. The van der Waals surface area contributed by atoms with Crippen LogP contribution in [0.15, 0.2) is 18.2 Å². The van der Waals surface area contributed by atoms with Crippen molar-refractivity contribution in [3.63, 3.8) is 0 Å². The van der Waals surface area contributed by atoms with Crippen LogP contribution in [-0.2, 0) is 13.0 Å². The maximum absolute atomic E-state index is 10.0. The lowest BCUT2D eigenvalue weighted by Gasteiger charge is -2.36. The van der Waals surface area contributed by atoms with Gasteiger partial charge in [-0.05, 0) is 50.3 Å². The molecular weight excluding hydrogens is 238 g/mol. The molecule has 0 unspecified atom stereocenters. The molecular formula is C16H23NO2. The van der Waals surface area contributed by atoms with Crippen molar-refractivity contribution < 1.29 is 9.84 Å². The largest absolute Gasteiger partial charge is 0.487 e. The molecule has 3 nitrogen and oxygen atoms in total. The first kappa shape index (κ1) is 12.9. The predicted molar refractivity (Wildman–Crippen MR) is 75.4 cm³/mol. The summed E-state index contributed by atoms with van der Waals surface area (Å²) in [5, 5.41) is 13.4. The van der Waals surface area contributed by atoms with Crippen molar-refractivity contribution in [3.8, 4) is 5.75 Å². The minimum Gasteiger partial charge on any atom is -0.487 e. The molecule has 0 atom stereocenters. The fourth-order valence-corrected chi connectivity index (χ4v) is 2.97. The van der Waals surface area contributed by atoms with Gasteiger partial charge in [0.25, 0.3) is 0 Å². The smallest absolute Gasteiger partial charge is 0.123 e. The van der Waals surface area contributed by atoms with Crippen LogP contribution >= 0.6 is 0 Å². The van der Waals surface area contributed by atoms with Crippen molar-refractivity contribution in [1.29, 1.82) is 0 Å². The maximum atomic E-state index is 10.0. The molecule has 2 aliphatic rings. The monoisotopic (exact) mass is 261 g/mol. The molecule has 1 saturated carbocycles.